The van der Waals surface area contributed by atoms with Gasteiger partial charge in [0, 0.05) is 29.9 Å². The molecule has 2 aromatic heterocycles. The lowest BCUT2D eigenvalue weighted by molar-refractivity contribution is -0.139. The average molecular weight is 480 g/mol. The Balaban J connectivity index is 1.39. The third-order valence-corrected chi connectivity index (χ3v) is 7.10. The van der Waals surface area contributed by atoms with Gasteiger partial charge >= 0.3 is 5.97 Å². The molecular weight excluding hydrogens is 450 g/mol. The second-order valence-electron chi connectivity index (χ2n) is 8.69. The highest BCUT2D eigenvalue weighted by Crippen LogP contribution is 2.34. The number of nitrogens with zero attached hydrogens (tertiary/aromatic N) is 3. The number of aliphatic hydroxyl groups excluding tert-OH is 1. The minimum Gasteiger partial charge on any atom is -0.497 e. The number of aromatic nitrogens is 2. The summed E-state index contributed by atoms with van der Waals surface area (Å²) in [6.45, 7) is 2.18. The summed E-state index contributed by atoms with van der Waals surface area (Å²) < 4.78 is 5.34. The zero-order valence-electron chi connectivity index (χ0n) is 19.2. The third kappa shape index (κ3) is 6.11. The first-order valence-electron chi connectivity index (χ1n) is 11.5. The maximum absolute atomic E-state index is 11.5. The molecule has 1 aliphatic rings. The van der Waals surface area contributed by atoms with Crippen molar-refractivity contribution in [3.05, 3.63) is 52.6 Å². The molecule has 178 valence electrons. The Morgan fingerprint density at radius 1 is 1.32 bits per heavy atom. The van der Waals surface area contributed by atoms with Crippen molar-refractivity contribution in [1.29, 1.82) is 0 Å². The van der Waals surface area contributed by atoms with Gasteiger partial charge < -0.3 is 14.9 Å². The van der Waals surface area contributed by atoms with E-state index < -0.39 is 12.1 Å². The Labute approximate surface area is 203 Å². The number of ether oxygens (including phenoxy) is 1. The number of benzene rings is 1. The number of aliphatic carboxylic acids is 1. The van der Waals surface area contributed by atoms with Crippen LogP contribution in [0.2, 0.25) is 0 Å². The number of hydrogen-bond acceptors (Lipinski definition) is 7. The van der Waals surface area contributed by atoms with Gasteiger partial charge in [-0.25, -0.2) is 4.98 Å². The molecule has 0 bridgehead atoms. The van der Waals surface area contributed by atoms with Gasteiger partial charge in [-0.15, -0.1) is 11.3 Å². The predicted molar refractivity (Wildman–Crippen MR) is 132 cm³/mol. The van der Waals surface area contributed by atoms with Gasteiger partial charge in [-0.1, -0.05) is 5.92 Å². The molecule has 1 fully saturated rings. The molecule has 3 atom stereocenters. The molecule has 0 saturated carbocycles. The van der Waals surface area contributed by atoms with Crippen molar-refractivity contribution in [2.75, 3.05) is 26.7 Å². The summed E-state index contributed by atoms with van der Waals surface area (Å²) in [6, 6.07) is 7.50. The van der Waals surface area contributed by atoms with Gasteiger partial charge in [-0.2, -0.15) is 0 Å². The first-order valence-corrected chi connectivity index (χ1v) is 12.4. The van der Waals surface area contributed by atoms with Crippen LogP contribution in [0, 0.1) is 23.7 Å². The van der Waals surface area contributed by atoms with E-state index in [1.165, 1.54) is 11.3 Å². The summed E-state index contributed by atoms with van der Waals surface area (Å²) in [4.78, 5) is 22.3. The summed E-state index contributed by atoms with van der Waals surface area (Å²) in [6.07, 6.45) is 3.43. The average Bonchev–Trinajstić information content (AvgIpc) is 3.36. The van der Waals surface area contributed by atoms with E-state index in [0.717, 1.165) is 47.3 Å². The van der Waals surface area contributed by atoms with Crippen molar-refractivity contribution in [2.24, 2.45) is 11.8 Å². The minimum absolute atomic E-state index is 0.0359. The number of pyridine rings is 1. The second-order valence-corrected chi connectivity index (χ2v) is 9.41. The highest BCUT2D eigenvalue weighted by Gasteiger charge is 2.31. The number of piperidine rings is 1. The molecule has 1 aromatic carbocycles. The normalized spacial score (nSPS) is 19.4. The van der Waals surface area contributed by atoms with Crippen molar-refractivity contribution in [3.63, 3.8) is 0 Å². The first-order chi connectivity index (χ1) is 16.5. The lowest BCUT2D eigenvalue weighted by atomic mass is 9.79. The zero-order valence-corrected chi connectivity index (χ0v) is 20.0. The fraction of sp³-hybridized carbons (Fsp3) is 0.423. The van der Waals surface area contributed by atoms with Gasteiger partial charge in [-0.05, 0) is 73.4 Å². The number of carboxylic acids is 1. The van der Waals surface area contributed by atoms with E-state index in [0.29, 0.717) is 19.5 Å². The second kappa shape index (κ2) is 11.4. The summed E-state index contributed by atoms with van der Waals surface area (Å²) in [7, 11) is 1.62. The van der Waals surface area contributed by atoms with Crippen LogP contribution >= 0.6 is 11.3 Å². The van der Waals surface area contributed by atoms with Crippen LogP contribution in [0.25, 0.3) is 10.9 Å². The maximum Gasteiger partial charge on any atom is 0.303 e. The van der Waals surface area contributed by atoms with E-state index >= 15 is 0 Å². The Morgan fingerprint density at radius 3 is 2.97 bits per heavy atom. The molecule has 0 radical (unpaired) electrons. The van der Waals surface area contributed by atoms with Gasteiger partial charge in [0.15, 0.2) is 0 Å². The van der Waals surface area contributed by atoms with Crippen molar-refractivity contribution < 1.29 is 19.7 Å². The van der Waals surface area contributed by atoms with Crippen molar-refractivity contribution in [3.8, 4) is 17.6 Å². The SMILES string of the molecule is COc1ccc2nccc(C(O)CC[C@@H]3CCN(CC#Cc4cscn4)C[C@@H]3CC(=O)O)c2c1. The van der Waals surface area contributed by atoms with Crippen LogP contribution < -0.4 is 4.74 Å². The Morgan fingerprint density at radius 2 is 2.21 bits per heavy atom. The number of hydrogen-bond donors (Lipinski definition) is 2. The molecule has 7 nitrogen and oxygen atoms in total. The monoisotopic (exact) mass is 479 g/mol. The number of methoxy groups -OCH3 is 1. The maximum atomic E-state index is 11.5. The Hall–Kier alpha value is -2.99. The van der Waals surface area contributed by atoms with Crippen LogP contribution in [0.3, 0.4) is 0 Å². The largest absolute Gasteiger partial charge is 0.497 e. The van der Waals surface area contributed by atoms with Crippen molar-refractivity contribution >= 4 is 28.2 Å². The van der Waals surface area contributed by atoms with Crippen LogP contribution in [0.1, 0.15) is 43.0 Å². The Kier molecular flexibility index (Phi) is 8.12. The quantitative estimate of drug-likeness (QED) is 0.472. The zero-order chi connectivity index (χ0) is 23.9. The van der Waals surface area contributed by atoms with Gasteiger partial charge in [-0.3, -0.25) is 14.7 Å². The lowest BCUT2D eigenvalue weighted by Crippen LogP contribution is -2.41. The molecule has 3 heterocycles. The van der Waals surface area contributed by atoms with Crippen molar-refractivity contribution in [1.82, 2.24) is 14.9 Å². The third-order valence-electron chi connectivity index (χ3n) is 6.52. The summed E-state index contributed by atoms with van der Waals surface area (Å²) in [5.74, 6) is 6.45. The molecule has 3 aromatic rings. The van der Waals surface area contributed by atoms with Crippen molar-refractivity contribution in [2.45, 2.75) is 31.8 Å². The standard InChI is InChI=1S/C26H29N3O4S/c1-33-21-5-6-24-23(14-21)22(8-10-27-24)25(30)7-4-18-9-12-29(15-19(18)13-26(31)32)11-2-3-20-16-34-17-28-20/h5-6,8,10,14,16-19,25,30H,4,7,9,11-13,15H2,1H3,(H,31,32)/t18-,19+,25?/m1/s1. The molecule has 8 heteroatoms. The van der Waals surface area contributed by atoms with Crippen LogP contribution in [-0.2, 0) is 4.79 Å². The number of aliphatic hydroxyl groups is 1. The molecular formula is C26H29N3O4S. The van der Waals surface area contributed by atoms with E-state index in [4.69, 9.17) is 4.74 Å². The molecule has 0 amide bonds. The topological polar surface area (TPSA) is 95.8 Å². The van der Waals surface area contributed by atoms with E-state index in [1.54, 1.807) is 18.8 Å². The number of thiazole rings is 1. The van der Waals surface area contributed by atoms with Crippen LogP contribution in [-0.4, -0.2) is 57.8 Å². The van der Waals surface area contributed by atoms with Gasteiger partial charge in [0.1, 0.15) is 11.4 Å². The highest BCUT2D eigenvalue weighted by molar-refractivity contribution is 7.07. The predicted octanol–water partition coefficient (Wildman–Crippen LogP) is 3.98. The molecule has 1 unspecified atom stereocenters. The molecule has 34 heavy (non-hydrogen) atoms. The highest BCUT2D eigenvalue weighted by atomic mass is 32.1. The number of carbonyl (C=O) groups is 1. The van der Waals surface area contributed by atoms with Gasteiger partial charge in [0.05, 0.1) is 30.8 Å². The summed E-state index contributed by atoms with van der Waals surface area (Å²) >= 11 is 1.52. The molecule has 2 N–H and O–H groups in total. The van der Waals surface area contributed by atoms with Crippen LogP contribution in [0.4, 0.5) is 0 Å². The minimum atomic E-state index is -0.779. The fourth-order valence-corrected chi connectivity index (χ4v) is 5.23. The summed E-state index contributed by atoms with van der Waals surface area (Å²) in [5.41, 5.74) is 4.18. The molecule has 0 aliphatic carbocycles. The molecule has 4 rings (SSSR count). The van der Waals surface area contributed by atoms with E-state index in [2.05, 4.69) is 26.7 Å². The Bertz CT molecular complexity index is 1170. The van der Waals surface area contributed by atoms with Gasteiger partial charge in [0.25, 0.3) is 0 Å². The number of carboxylic acid groups (broad SMARTS) is 1. The van der Waals surface area contributed by atoms with Gasteiger partial charge in [0.2, 0.25) is 0 Å². The number of rotatable bonds is 8. The molecule has 1 aliphatic heterocycles. The molecule has 1 saturated heterocycles. The lowest BCUT2D eigenvalue weighted by Gasteiger charge is -2.37. The fourth-order valence-electron chi connectivity index (χ4n) is 4.74. The first kappa shape index (κ1) is 24.1. The number of likely N-dealkylation sites (tertiary alicyclic amines) is 1. The summed E-state index contributed by atoms with van der Waals surface area (Å²) in [5, 5.41) is 23.3. The van der Waals surface area contributed by atoms with Crippen LogP contribution in [0.5, 0.6) is 5.75 Å². The van der Waals surface area contributed by atoms with Crippen LogP contribution in [0.15, 0.2) is 41.4 Å². The van der Waals surface area contributed by atoms with E-state index in [9.17, 15) is 15.0 Å². The van der Waals surface area contributed by atoms with E-state index in [-0.39, 0.29) is 18.3 Å². The number of fused-ring (bicyclic) bond motifs is 1. The van der Waals surface area contributed by atoms with E-state index in [1.807, 2.05) is 29.6 Å². The smallest absolute Gasteiger partial charge is 0.303 e. The molecule has 0 spiro atoms.